The predicted molar refractivity (Wildman–Crippen MR) is 68.4 cm³/mol. The summed E-state index contributed by atoms with van der Waals surface area (Å²) in [5.41, 5.74) is 1.50. The Morgan fingerprint density at radius 2 is 2.20 bits per heavy atom. The van der Waals surface area contributed by atoms with Crippen LogP contribution in [0.1, 0.15) is 17.5 Å². The van der Waals surface area contributed by atoms with E-state index < -0.39 is 24.4 Å². The van der Waals surface area contributed by atoms with Gasteiger partial charge in [-0.05, 0) is 0 Å². The van der Waals surface area contributed by atoms with Crippen LogP contribution in [0.3, 0.4) is 0 Å². The molecular weight excluding hydrogens is 266 g/mol. The van der Waals surface area contributed by atoms with E-state index in [1.807, 2.05) is 0 Å². The van der Waals surface area contributed by atoms with Gasteiger partial charge in [0.15, 0.2) is 11.5 Å². The summed E-state index contributed by atoms with van der Waals surface area (Å²) in [6.45, 7) is 0.0597. The molecule has 0 aliphatic carbocycles. The quantitative estimate of drug-likeness (QED) is 0.377. The summed E-state index contributed by atoms with van der Waals surface area (Å²) in [4.78, 5) is 1.68. The first-order chi connectivity index (χ1) is 9.54. The predicted octanol–water partition coefficient (Wildman–Crippen LogP) is -1.80. The van der Waals surface area contributed by atoms with Gasteiger partial charge in [0.2, 0.25) is 0 Å². The number of amidine groups is 1. The van der Waals surface area contributed by atoms with E-state index in [2.05, 4.69) is 15.5 Å². The van der Waals surface area contributed by atoms with Crippen molar-refractivity contribution in [1.82, 2.24) is 15.1 Å². The summed E-state index contributed by atoms with van der Waals surface area (Å²) in [6, 6.07) is 0. The third-order valence-corrected chi connectivity index (χ3v) is 3.72. The molecular formula is C11H17N5O4. The van der Waals surface area contributed by atoms with Gasteiger partial charge in [-0.2, -0.15) is 5.10 Å². The molecule has 1 fully saturated rings. The molecule has 0 unspecified atom stereocenters. The second-order valence-corrected chi connectivity index (χ2v) is 5.00. The number of rotatable bonds is 2. The Morgan fingerprint density at radius 1 is 1.45 bits per heavy atom. The zero-order valence-corrected chi connectivity index (χ0v) is 10.9. The minimum Gasteiger partial charge on any atom is -0.394 e. The fraction of sp³-hybridized carbons (Fsp3) is 0.636. The summed E-state index contributed by atoms with van der Waals surface area (Å²) in [5.74, 6) is 0.257. The summed E-state index contributed by atoms with van der Waals surface area (Å²) in [7, 11) is 1.76. The van der Waals surface area contributed by atoms with E-state index in [1.165, 1.54) is 0 Å². The number of aliphatic hydroxyl groups is 3. The normalized spacial score (nSPS) is 33.2. The van der Waals surface area contributed by atoms with E-state index in [-0.39, 0.29) is 12.4 Å². The van der Waals surface area contributed by atoms with Crippen LogP contribution in [0.2, 0.25) is 0 Å². The van der Waals surface area contributed by atoms with Gasteiger partial charge in [-0.25, -0.2) is 0 Å². The Morgan fingerprint density at radius 3 is 2.85 bits per heavy atom. The maximum Gasteiger partial charge on any atom is 0.152 e. The molecule has 0 bridgehead atoms. The number of ether oxygens (including phenoxy) is 1. The van der Waals surface area contributed by atoms with Gasteiger partial charge in [-0.1, -0.05) is 0 Å². The van der Waals surface area contributed by atoms with Gasteiger partial charge >= 0.3 is 0 Å². The molecule has 20 heavy (non-hydrogen) atoms. The number of aromatic nitrogens is 2. The molecule has 1 saturated heterocycles. The molecule has 0 aromatic carbocycles. The van der Waals surface area contributed by atoms with Crippen molar-refractivity contribution in [2.45, 2.75) is 24.4 Å². The summed E-state index contributed by atoms with van der Waals surface area (Å²) < 4.78 is 5.46. The molecule has 2 aliphatic rings. The molecule has 0 saturated carbocycles. The number of H-pyrrole nitrogens is 1. The van der Waals surface area contributed by atoms with Gasteiger partial charge in [-0.15, -0.1) is 0 Å². The topological polar surface area (TPSA) is 138 Å². The minimum absolute atomic E-state index is 0.257. The maximum atomic E-state index is 10.0. The molecule has 0 amide bonds. The second-order valence-electron chi connectivity index (χ2n) is 5.00. The van der Waals surface area contributed by atoms with E-state index >= 15 is 0 Å². The first-order valence-corrected chi connectivity index (χ1v) is 6.29. The zero-order valence-electron chi connectivity index (χ0n) is 10.9. The Hall–Kier alpha value is -1.68. The van der Waals surface area contributed by atoms with Crippen LogP contribution < -0.4 is 5.32 Å². The number of hydrogen-bond acceptors (Lipinski definition) is 7. The monoisotopic (exact) mass is 283 g/mol. The second kappa shape index (κ2) is 4.70. The highest BCUT2D eigenvalue weighted by atomic mass is 16.6. The van der Waals surface area contributed by atoms with Crippen molar-refractivity contribution in [3.63, 3.8) is 0 Å². The molecule has 9 heteroatoms. The van der Waals surface area contributed by atoms with Crippen LogP contribution in [0.5, 0.6) is 0 Å². The Kier molecular flexibility index (Phi) is 3.13. The molecule has 2 aliphatic heterocycles. The summed E-state index contributed by atoms with van der Waals surface area (Å²) in [6.07, 6.45) is -3.97. The first-order valence-electron chi connectivity index (χ1n) is 6.29. The zero-order chi connectivity index (χ0) is 14.4. The SMILES string of the molecule is CN1CNc2c(n[nH]c2[C@@H]2O[C@H](CO)[C@@H](O)[C@H]2O)C1=N. The summed E-state index contributed by atoms with van der Waals surface area (Å²) in [5, 5.41) is 46.7. The highest BCUT2D eigenvalue weighted by Crippen LogP contribution is 2.38. The van der Waals surface area contributed by atoms with Crippen molar-refractivity contribution >= 4 is 11.5 Å². The van der Waals surface area contributed by atoms with Crippen LogP contribution in [0, 0.1) is 5.41 Å². The number of anilines is 1. The fourth-order valence-electron chi connectivity index (χ4n) is 2.51. The van der Waals surface area contributed by atoms with Crippen LogP contribution in [0.25, 0.3) is 0 Å². The van der Waals surface area contributed by atoms with Gasteiger partial charge < -0.3 is 30.3 Å². The lowest BCUT2D eigenvalue weighted by Crippen LogP contribution is -2.37. The lowest BCUT2D eigenvalue weighted by molar-refractivity contribution is -0.0237. The number of nitrogens with zero attached hydrogens (tertiary/aromatic N) is 2. The van der Waals surface area contributed by atoms with Crippen molar-refractivity contribution in [1.29, 1.82) is 5.41 Å². The van der Waals surface area contributed by atoms with Crippen molar-refractivity contribution in [2.24, 2.45) is 0 Å². The Labute approximate surface area is 114 Å². The van der Waals surface area contributed by atoms with Crippen LogP contribution in [0.4, 0.5) is 5.69 Å². The third-order valence-electron chi connectivity index (χ3n) is 3.72. The van der Waals surface area contributed by atoms with Crippen molar-refractivity contribution in [3.8, 4) is 0 Å². The molecule has 4 atom stereocenters. The van der Waals surface area contributed by atoms with E-state index in [0.29, 0.717) is 23.7 Å². The maximum absolute atomic E-state index is 10.0. The highest BCUT2D eigenvalue weighted by Gasteiger charge is 2.45. The number of fused-ring (bicyclic) bond motifs is 1. The van der Waals surface area contributed by atoms with E-state index in [1.54, 1.807) is 11.9 Å². The molecule has 9 nitrogen and oxygen atoms in total. The van der Waals surface area contributed by atoms with Crippen LogP contribution in [-0.4, -0.2) is 74.9 Å². The fourth-order valence-corrected chi connectivity index (χ4v) is 2.51. The number of aliphatic hydroxyl groups excluding tert-OH is 3. The molecule has 0 spiro atoms. The lowest BCUT2D eigenvalue weighted by atomic mass is 10.0. The molecule has 6 N–H and O–H groups in total. The van der Waals surface area contributed by atoms with Crippen molar-refractivity contribution < 1.29 is 20.1 Å². The molecule has 110 valence electrons. The molecule has 3 rings (SSSR count). The Bertz CT molecular complexity index is 533. The molecule has 0 radical (unpaired) electrons. The van der Waals surface area contributed by atoms with Crippen molar-refractivity contribution in [3.05, 3.63) is 11.4 Å². The lowest BCUT2D eigenvalue weighted by Gasteiger charge is -2.26. The standard InChI is InChI=1S/C11H17N5O4/c1-16-3-13-5-6(14-15-7(5)11(16)12)10-9(19)8(18)4(2-17)20-10/h4,8-10,12-13,17-19H,2-3H2,1H3,(H,14,15)/t4-,8-,9-,10+/m1/s1. The number of nitrogens with one attached hydrogen (secondary N) is 3. The minimum atomic E-state index is -1.16. The van der Waals surface area contributed by atoms with Gasteiger partial charge in [0.25, 0.3) is 0 Å². The molecule has 1 aromatic rings. The average Bonchev–Trinajstić information content (AvgIpc) is 2.98. The highest BCUT2D eigenvalue weighted by molar-refractivity contribution is 6.01. The smallest absolute Gasteiger partial charge is 0.152 e. The largest absolute Gasteiger partial charge is 0.394 e. The molecule has 1 aromatic heterocycles. The van der Waals surface area contributed by atoms with E-state index in [9.17, 15) is 10.2 Å². The third kappa shape index (κ3) is 1.79. The van der Waals surface area contributed by atoms with Crippen LogP contribution in [0.15, 0.2) is 0 Å². The first kappa shape index (κ1) is 13.3. The van der Waals surface area contributed by atoms with Crippen LogP contribution in [-0.2, 0) is 4.74 Å². The van der Waals surface area contributed by atoms with Gasteiger partial charge in [0.1, 0.15) is 24.4 Å². The van der Waals surface area contributed by atoms with Gasteiger partial charge in [-0.3, -0.25) is 10.5 Å². The Balaban J connectivity index is 1.93. The van der Waals surface area contributed by atoms with E-state index in [4.69, 9.17) is 15.3 Å². The van der Waals surface area contributed by atoms with Crippen molar-refractivity contribution in [2.75, 3.05) is 25.6 Å². The average molecular weight is 283 g/mol. The van der Waals surface area contributed by atoms with Gasteiger partial charge in [0, 0.05) is 7.05 Å². The van der Waals surface area contributed by atoms with E-state index in [0.717, 1.165) is 0 Å². The van der Waals surface area contributed by atoms with Crippen LogP contribution >= 0.6 is 0 Å². The molecule has 3 heterocycles. The summed E-state index contributed by atoms with van der Waals surface area (Å²) >= 11 is 0. The number of hydrogen-bond donors (Lipinski definition) is 6. The number of aromatic amines is 1. The van der Waals surface area contributed by atoms with Gasteiger partial charge in [0.05, 0.1) is 24.7 Å².